The molecule has 1 aromatic rings. The third kappa shape index (κ3) is 3.68. The molecular formula is C16H20N2O3. The van der Waals surface area contributed by atoms with Crippen molar-refractivity contribution in [3.8, 4) is 0 Å². The zero-order valence-corrected chi connectivity index (χ0v) is 12.3. The summed E-state index contributed by atoms with van der Waals surface area (Å²) >= 11 is 0. The lowest BCUT2D eigenvalue weighted by Gasteiger charge is -2.11. The predicted molar refractivity (Wildman–Crippen MR) is 78.2 cm³/mol. The molecule has 0 radical (unpaired) electrons. The number of rotatable bonds is 5. The fourth-order valence-corrected chi connectivity index (χ4v) is 2.44. The highest BCUT2D eigenvalue weighted by Crippen LogP contribution is 2.17. The van der Waals surface area contributed by atoms with Gasteiger partial charge in [0, 0.05) is 6.54 Å². The van der Waals surface area contributed by atoms with Gasteiger partial charge in [-0.25, -0.2) is 0 Å². The van der Waals surface area contributed by atoms with Crippen LogP contribution in [0.5, 0.6) is 0 Å². The van der Waals surface area contributed by atoms with Gasteiger partial charge < -0.3 is 10.6 Å². The molecule has 1 aliphatic rings. The van der Waals surface area contributed by atoms with E-state index >= 15 is 0 Å². The first-order valence-electron chi connectivity index (χ1n) is 7.14. The van der Waals surface area contributed by atoms with Crippen LogP contribution >= 0.6 is 0 Å². The van der Waals surface area contributed by atoms with Gasteiger partial charge in [-0.1, -0.05) is 44.2 Å². The Morgan fingerprint density at radius 1 is 1.24 bits per heavy atom. The second kappa shape index (κ2) is 6.52. The molecule has 1 aromatic carbocycles. The highest BCUT2D eigenvalue weighted by molar-refractivity contribution is 6.23. The Labute approximate surface area is 124 Å². The molecule has 5 nitrogen and oxygen atoms in total. The fraction of sp³-hybridized carbons (Fsp3) is 0.438. The van der Waals surface area contributed by atoms with Crippen LogP contribution < -0.4 is 10.6 Å². The van der Waals surface area contributed by atoms with Crippen LogP contribution in [0.1, 0.15) is 25.8 Å². The van der Waals surface area contributed by atoms with Crippen molar-refractivity contribution >= 4 is 17.6 Å². The van der Waals surface area contributed by atoms with Crippen molar-refractivity contribution in [1.29, 1.82) is 0 Å². The van der Waals surface area contributed by atoms with E-state index < -0.39 is 23.8 Å². The van der Waals surface area contributed by atoms with Gasteiger partial charge in [0.1, 0.15) is 0 Å². The molecule has 112 valence electrons. The van der Waals surface area contributed by atoms with Crippen LogP contribution in [-0.4, -0.2) is 23.6 Å². The van der Waals surface area contributed by atoms with Gasteiger partial charge >= 0.3 is 0 Å². The van der Waals surface area contributed by atoms with E-state index in [0.717, 1.165) is 5.56 Å². The number of ketones is 1. The largest absolute Gasteiger partial charge is 0.351 e. The van der Waals surface area contributed by atoms with E-state index in [1.165, 1.54) is 0 Å². The summed E-state index contributed by atoms with van der Waals surface area (Å²) < 4.78 is 0. The molecule has 1 heterocycles. The molecular weight excluding hydrogens is 268 g/mol. The van der Waals surface area contributed by atoms with E-state index in [0.29, 0.717) is 13.0 Å². The third-order valence-electron chi connectivity index (χ3n) is 3.49. The standard InChI is InChI=1S/C16H20N2O3/c1-10(2)8-12-14(19)13(16(21)18-12)15(20)17-9-11-6-4-3-5-7-11/h3-7,10,12-13H,8-9H2,1-2H3,(H,17,20)(H,18,21). The van der Waals surface area contributed by atoms with E-state index in [2.05, 4.69) is 10.6 Å². The molecule has 2 amide bonds. The van der Waals surface area contributed by atoms with E-state index in [9.17, 15) is 14.4 Å². The van der Waals surface area contributed by atoms with Crippen molar-refractivity contribution in [3.05, 3.63) is 35.9 Å². The Kier molecular flexibility index (Phi) is 4.73. The average molecular weight is 288 g/mol. The second-order valence-electron chi connectivity index (χ2n) is 5.73. The van der Waals surface area contributed by atoms with E-state index in [4.69, 9.17) is 0 Å². The lowest BCUT2D eigenvalue weighted by molar-refractivity contribution is -0.137. The Morgan fingerprint density at radius 3 is 2.52 bits per heavy atom. The van der Waals surface area contributed by atoms with Gasteiger partial charge in [0.2, 0.25) is 11.8 Å². The summed E-state index contributed by atoms with van der Waals surface area (Å²) in [5.74, 6) is -2.26. The first-order valence-corrected chi connectivity index (χ1v) is 7.14. The topological polar surface area (TPSA) is 75.3 Å². The number of nitrogens with one attached hydrogen (secondary N) is 2. The molecule has 2 unspecified atom stereocenters. The molecule has 0 aromatic heterocycles. The van der Waals surface area contributed by atoms with Gasteiger partial charge in [0.05, 0.1) is 6.04 Å². The average Bonchev–Trinajstić information content (AvgIpc) is 2.71. The molecule has 0 bridgehead atoms. The number of Topliss-reactive ketones (excluding diaryl/α,β-unsaturated/α-hetero) is 1. The zero-order valence-electron chi connectivity index (χ0n) is 12.3. The molecule has 0 aliphatic carbocycles. The van der Waals surface area contributed by atoms with Crippen molar-refractivity contribution in [2.24, 2.45) is 11.8 Å². The Morgan fingerprint density at radius 2 is 1.90 bits per heavy atom. The van der Waals surface area contributed by atoms with Crippen LogP contribution in [-0.2, 0) is 20.9 Å². The van der Waals surface area contributed by atoms with Crippen molar-refractivity contribution in [2.45, 2.75) is 32.9 Å². The first kappa shape index (κ1) is 15.2. The minimum atomic E-state index is -1.21. The van der Waals surface area contributed by atoms with Gasteiger partial charge in [0.15, 0.2) is 11.7 Å². The molecule has 1 aliphatic heterocycles. The summed E-state index contributed by atoms with van der Waals surface area (Å²) in [6.07, 6.45) is 0.563. The van der Waals surface area contributed by atoms with Gasteiger partial charge in [-0.3, -0.25) is 14.4 Å². The van der Waals surface area contributed by atoms with Crippen LogP contribution in [0.3, 0.4) is 0 Å². The monoisotopic (exact) mass is 288 g/mol. The van der Waals surface area contributed by atoms with Gasteiger partial charge in [-0.05, 0) is 17.9 Å². The van der Waals surface area contributed by atoms with Crippen molar-refractivity contribution < 1.29 is 14.4 Å². The SMILES string of the molecule is CC(C)CC1NC(=O)C(C(=O)NCc2ccccc2)C1=O. The Bertz CT molecular complexity index is 540. The van der Waals surface area contributed by atoms with E-state index in [1.54, 1.807) is 0 Å². The smallest absolute Gasteiger partial charge is 0.240 e. The Balaban J connectivity index is 1.96. The quantitative estimate of drug-likeness (QED) is 0.795. The van der Waals surface area contributed by atoms with E-state index in [-0.39, 0.29) is 11.7 Å². The number of amides is 2. The molecule has 5 heteroatoms. The fourth-order valence-electron chi connectivity index (χ4n) is 2.44. The van der Waals surface area contributed by atoms with Crippen LogP contribution in [0.2, 0.25) is 0 Å². The molecule has 21 heavy (non-hydrogen) atoms. The summed E-state index contributed by atoms with van der Waals surface area (Å²) in [7, 11) is 0. The highest BCUT2D eigenvalue weighted by Gasteiger charge is 2.45. The molecule has 1 saturated heterocycles. The summed E-state index contributed by atoms with van der Waals surface area (Å²) in [5, 5.41) is 5.27. The lowest BCUT2D eigenvalue weighted by atomic mass is 9.96. The summed E-state index contributed by atoms with van der Waals surface area (Å²) in [6.45, 7) is 4.26. The molecule has 0 spiro atoms. The van der Waals surface area contributed by atoms with Crippen LogP contribution in [0.4, 0.5) is 0 Å². The minimum absolute atomic E-state index is 0.283. The number of hydrogen-bond donors (Lipinski definition) is 2. The van der Waals surface area contributed by atoms with Gasteiger partial charge in [0.25, 0.3) is 0 Å². The number of hydrogen-bond acceptors (Lipinski definition) is 3. The summed E-state index contributed by atoms with van der Waals surface area (Å²) in [5.41, 5.74) is 0.926. The Hall–Kier alpha value is -2.17. The summed E-state index contributed by atoms with van der Waals surface area (Å²) in [6, 6.07) is 8.83. The first-order chi connectivity index (χ1) is 9.99. The lowest BCUT2D eigenvalue weighted by Crippen LogP contribution is -2.37. The summed E-state index contributed by atoms with van der Waals surface area (Å²) in [4.78, 5) is 36.1. The van der Waals surface area contributed by atoms with E-state index in [1.807, 2.05) is 44.2 Å². The molecule has 2 N–H and O–H groups in total. The highest BCUT2D eigenvalue weighted by atomic mass is 16.2. The van der Waals surface area contributed by atoms with Gasteiger partial charge in [-0.15, -0.1) is 0 Å². The van der Waals surface area contributed by atoms with Crippen LogP contribution in [0, 0.1) is 11.8 Å². The van der Waals surface area contributed by atoms with Crippen molar-refractivity contribution in [3.63, 3.8) is 0 Å². The zero-order chi connectivity index (χ0) is 15.4. The predicted octanol–water partition coefficient (Wildman–Crippen LogP) is 1.03. The minimum Gasteiger partial charge on any atom is -0.351 e. The number of carbonyl (C=O) groups is 3. The maximum Gasteiger partial charge on any atom is 0.240 e. The molecule has 0 saturated carbocycles. The van der Waals surface area contributed by atoms with Crippen molar-refractivity contribution in [1.82, 2.24) is 10.6 Å². The van der Waals surface area contributed by atoms with Crippen LogP contribution in [0.25, 0.3) is 0 Å². The maximum absolute atomic E-state index is 12.2. The third-order valence-corrected chi connectivity index (χ3v) is 3.49. The molecule has 2 rings (SSSR count). The number of carbonyl (C=O) groups excluding carboxylic acids is 3. The molecule has 1 fully saturated rings. The normalized spacial score (nSPS) is 21.5. The van der Waals surface area contributed by atoms with Gasteiger partial charge in [-0.2, -0.15) is 0 Å². The van der Waals surface area contributed by atoms with Crippen LogP contribution in [0.15, 0.2) is 30.3 Å². The molecule has 2 atom stereocenters. The second-order valence-corrected chi connectivity index (χ2v) is 5.73. The van der Waals surface area contributed by atoms with Crippen molar-refractivity contribution in [2.75, 3.05) is 0 Å². The maximum atomic E-state index is 12.2. The number of benzene rings is 1.